The number of aromatic nitrogens is 2. The van der Waals surface area contributed by atoms with Crippen LogP contribution in [0.5, 0.6) is 0 Å². The van der Waals surface area contributed by atoms with Gasteiger partial charge in [0, 0.05) is 26.1 Å². The molecule has 8 nitrogen and oxygen atoms in total. The van der Waals surface area contributed by atoms with Gasteiger partial charge in [-0.25, -0.2) is 0 Å². The predicted molar refractivity (Wildman–Crippen MR) is 134 cm³/mol. The third-order valence-electron chi connectivity index (χ3n) is 6.85. The van der Waals surface area contributed by atoms with Crippen molar-refractivity contribution >= 4 is 23.6 Å². The molecule has 5 rings (SSSR count). The normalized spacial score (nSPS) is 18.0. The van der Waals surface area contributed by atoms with Crippen molar-refractivity contribution in [1.29, 1.82) is 0 Å². The van der Waals surface area contributed by atoms with Crippen LogP contribution in [0.1, 0.15) is 41.9 Å². The van der Waals surface area contributed by atoms with E-state index in [0.29, 0.717) is 18.4 Å². The third-order valence-corrected chi connectivity index (χ3v) is 6.85. The highest BCUT2D eigenvalue weighted by Gasteiger charge is 2.35. The number of aromatic amines is 1. The zero-order chi connectivity index (χ0) is 24.2. The highest BCUT2D eigenvalue weighted by atomic mass is 16.2. The maximum Gasteiger partial charge on any atom is 0.258 e. The summed E-state index contributed by atoms with van der Waals surface area (Å²) in [6, 6.07) is 20.0. The summed E-state index contributed by atoms with van der Waals surface area (Å²) in [6.07, 6.45) is 2.94. The zero-order valence-corrected chi connectivity index (χ0v) is 19.5. The molecule has 2 aliphatic rings. The maximum atomic E-state index is 13.1. The van der Waals surface area contributed by atoms with Gasteiger partial charge in [-0.3, -0.25) is 19.4 Å². The van der Waals surface area contributed by atoms with Crippen LogP contribution in [0.4, 0.5) is 11.8 Å². The standard InChI is InChI=1S/C27H29N5O3/c33-22-16-21(25(34)28-17-20-9-5-2-6-10-20)23-24(29-22)30-27(31-26(23)35)32-13-11-19(12-14-32)15-18-7-3-1-4-8-18/h1-10,19,21H,11-17H2,(H,28,34)(H2,29,30,31,33,35)/t21-/m1/s1. The molecule has 1 aromatic heterocycles. The Morgan fingerprint density at radius 1 is 0.971 bits per heavy atom. The largest absolute Gasteiger partial charge is 0.351 e. The summed E-state index contributed by atoms with van der Waals surface area (Å²) >= 11 is 0. The first-order valence-corrected chi connectivity index (χ1v) is 12.1. The molecule has 2 aromatic carbocycles. The van der Waals surface area contributed by atoms with Crippen LogP contribution in [-0.2, 0) is 22.6 Å². The van der Waals surface area contributed by atoms with E-state index in [2.05, 4.69) is 49.8 Å². The topological polar surface area (TPSA) is 107 Å². The molecule has 2 aliphatic heterocycles. The van der Waals surface area contributed by atoms with Gasteiger partial charge in [0.05, 0.1) is 11.5 Å². The smallest absolute Gasteiger partial charge is 0.258 e. The first kappa shape index (κ1) is 22.8. The number of fused-ring (bicyclic) bond motifs is 1. The van der Waals surface area contributed by atoms with Gasteiger partial charge in [-0.1, -0.05) is 60.7 Å². The molecular weight excluding hydrogens is 442 g/mol. The molecule has 1 fully saturated rings. The Morgan fingerprint density at radius 3 is 2.31 bits per heavy atom. The molecule has 0 unspecified atom stereocenters. The first-order valence-electron chi connectivity index (χ1n) is 12.1. The number of rotatable bonds is 6. The Morgan fingerprint density at radius 2 is 1.63 bits per heavy atom. The van der Waals surface area contributed by atoms with Crippen LogP contribution < -0.4 is 21.1 Å². The van der Waals surface area contributed by atoms with E-state index in [1.165, 1.54) is 5.56 Å². The second-order valence-corrected chi connectivity index (χ2v) is 9.28. The molecule has 1 atom stereocenters. The van der Waals surface area contributed by atoms with Crippen molar-refractivity contribution in [3.05, 3.63) is 87.7 Å². The molecule has 0 saturated carbocycles. The number of carbonyl (C=O) groups is 2. The molecule has 2 amide bonds. The van der Waals surface area contributed by atoms with E-state index in [1.807, 2.05) is 36.4 Å². The summed E-state index contributed by atoms with van der Waals surface area (Å²) in [7, 11) is 0. The summed E-state index contributed by atoms with van der Waals surface area (Å²) in [4.78, 5) is 47.9. The van der Waals surface area contributed by atoms with Gasteiger partial charge in [-0.05, 0) is 36.3 Å². The van der Waals surface area contributed by atoms with Gasteiger partial charge in [0.25, 0.3) is 5.56 Å². The van der Waals surface area contributed by atoms with Crippen molar-refractivity contribution in [2.45, 2.75) is 38.1 Å². The van der Waals surface area contributed by atoms with Gasteiger partial charge in [-0.2, -0.15) is 4.98 Å². The number of H-pyrrole nitrogens is 1. The number of hydrogen-bond donors (Lipinski definition) is 3. The zero-order valence-electron chi connectivity index (χ0n) is 19.5. The van der Waals surface area contributed by atoms with Crippen LogP contribution in [0.25, 0.3) is 0 Å². The van der Waals surface area contributed by atoms with Crippen LogP contribution in [0, 0.1) is 5.92 Å². The van der Waals surface area contributed by atoms with E-state index in [0.717, 1.165) is 37.9 Å². The van der Waals surface area contributed by atoms with E-state index in [9.17, 15) is 14.4 Å². The molecule has 180 valence electrons. The van der Waals surface area contributed by atoms with Gasteiger partial charge in [0.1, 0.15) is 5.82 Å². The quantitative estimate of drug-likeness (QED) is 0.512. The maximum absolute atomic E-state index is 13.1. The summed E-state index contributed by atoms with van der Waals surface area (Å²) in [5.74, 6) is -0.335. The lowest BCUT2D eigenvalue weighted by Gasteiger charge is -2.33. The lowest BCUT2D eigenvalue weighted by atomic mass is 9.90. The number of nitrogens with zero attached hydrogens (tertiary/aromatic N) is 2. The number of amides is 2. The molecular formula is C27H29N5O3. The lowest BCUT2D eigenvalue weighted by molar-refractivity contribution is -0.126. The summed E-state index contributed by atoms with van der Waals surface area (Å²) < 4.78 is 0. The van der Waals surface area contributed by atoms with E-state index in [4.69, 9.17) is 0 Å². The van der Waals surface area contributed by atoms with Crippen LogP contribution in [-0.4, -0.2) is 34.9 Å². The van der Waals surface area contributed by atoms with Crippen molar-refractivity contribution in [1.82, 2.24) is 15.3 Å². The minimum absolute atomic E-state index is 0.0807. The summed E-state index contributed by atoms with van der Waals surface area (Å²) in [5, 5.41) is 5.55. The van der Waals surface area contributed by atoms with Crippen molar-refractivity contribution < 1.29 is 9.59 Å². The van der Waals surface area contributed by atoms with Crippen LogP contribution in [0.3, 0.4) is 0 Å². The van der Waals surface area contributed by atoms with Crippen LogP contribution >= 0.6 is 0 Å². The molecule has 0 bridgehead atoms. The highest BCUT2D eigenvalue weighted by molar-refractivity contribution is 6.00. The Kier molecular flexibility index (Phi) is 6.61. The Balaban J connectivity index is 1.28. The van der Waals surface area contributed by atoms with Crippen molar-refractivity contribution in [2.75, 3.05) is 23.3 Å². The van der Waals surface area contributed by atoms with E-state index < -0.39 is 5.92 Å². The average Bonchev–Trinajstić information content (AvgIpc) is 2.88. The average molecular weight is 472 g/mol. The number of hydrogen-bond acceptors (Lipinski definition) is 5. The molecule has 35 heavy (non-hydrogen) atoms. The molecule has 0 radical (unpaired) electrons. The van der Waals surface area contributed by atoms with Crippen LogP contribution in [0.2, 0.25) is 0 Å². The Bertz CT molecular complexity index is 1250. The SMILES string of the molecule is O=C1C[C@@H](C(=O)NCc2ccccc2)c2c(nc(N3CCC(Cc4ccccc4)CC3)[nH]c2=O)N1. The predicted octanol–water partition coefficient (Wildman–Crippen LogP) is 2.97. The van der Waals surface area contributed by atoms with Crippen molar-refractivity contribution in [3.8, 4) is 0 Å². The molecule has 0 aliphatic carbocycles. The van der Waals surface area contributed by atoms with E-state index >= 15 is 0 Å². The molecule has 3 N–H and O–H groups in total. The van der Waals surface area contributed by atoms with Crippen molar-refractivity contribution in [2.24, 2.45) is 5.92 Å². The van der Waals surface area contributed by atoms with Gasteiger partial charge < -0.3 is 15.5 Å². The Hall–Kier alpha value is -3.94. The fourth-order valence-electron chi connectivity index (χ4n) is 4.94. The van der Waals surface area contributed by atoms with E-state index in [1.54, 1.807) is 0 Å². The minimum Gasteiger partial charge on any atom is -0.351 e. The summed E-state index contributed by atoms with van der Waals surface area (Å²) in [5.41, 5.74) is 2.12. The van der Waals surface area contributed by atoms with E-state index in [-0.39, 0.29) is 35.2 Å². The number of benzene rings is 2. The first-order chi connectivity index (χ1) is 17.1. The second kappa shape index (κ2) is 10.1. The minimum atomic E-state index is -0.871. The molecule has 3 aromatic rings. The van der Waals surface area contributed by atoms with Crippen molar-refractivity contribution in [3.63, 3.8) is 0 Å². The fraction of sp³-hybridized carbons (Fsp3) is 0.333. The Labute approximate surface area is 203 Å². The number of piperidine rings is 1. The number of anilines is 2. The van der Waals surface area contributed by atoms with Gasteiger partial charge in [0.15, 0.2) is 0 Å². The lowest BCUT2D eigenvalue weighted by Crippen LogP contribution is -2.41. The molecule has 1 saturated heterocycles. The van der Waals surface area contributed by atoms with Gasteiger partial charge >= 0.3 is 0 Å². The third kappa shape index (κ3) is 5.26. The monoisotopic (exact) mass is 471 g/mol. The second-order valence-electron chi connectivity index (χ2n) is 9.28. The highest BCUT2D eigenvalue weighted by Crippen LogP contribution is 2.30. The number of carbonyl (C=O) groups excluding carboxylic acids is 2. The molecule has 3 heterocycles. The fourth-order valence-corrected chi connectivity index (χ4v) is 4.94. The molecule has 8 heteroatoms. The summed E-state index contributed by atoms with van der Waals surface area (Å²) in [6.45, 7) is 1.87. The number of nitrogens with one attached hydrogen (secondary N) is 3. The molecule has 0 spiro atoms. The van der Waals surface area contributed by atoms with Gasteiger partial charge in [-0.15, -0.1) is 0 Å². The van der Waals surface area contributed by atoms with Crippen LogP contribution in [0.15, 0.2) is 65.5 Å². The van der Waals surface area contributed by atoms with Gasteiger partial charge in [0.2, 0.25) is 17.8 Å².